The molecule has 0 aliphatic carbocycles. The first-order valence-corrected chi connectivity index (χ1v) is 9.89. The van der Waals surface area contributed by atoms with E-state index in [1.165, 1.54) is 18.9 Å². The number of guanidine groups is 1. The van der Waals surface area contributed by atoms with Crippen LogP contribution in [-0.2, 0) is 13.0 Å². The van der Waals surface area contributed by atoms with Gasteiger partial charge in [-0.2, -0.15) is 0 Å². The number of hydrogen-bond donors (Lipinski definition) is 1. The Morgan fingerprint density at radius 3 is 2.85 bits per heavy atom. The zero-order chi connectivity index (χ0) is 18.4. The number of aromatic nitrogens is 1. The number of benzene rings is 1. The van der Waals surface area contributed by atoms with E-state index >= 15 is 0 Å². The zero-order valence-electron chi connectivity index (χ0n) is 15.8. The van der Waals surface area contributed by atoms with E-state index in [1.54, 1.807) is 30.5 Å². The molecule has 1 aliphatic rings. The smallest absolute Gasteiger partial charge is 0.193 e. The third-order valence-electron chi connectivity index (χ3n) is 4.46. The van der Waals surface area contributed by atoms with Crippen molar-refractivity contribution in [3.8, 4) is 0 Å². The molecule has 1 N–H and O–H groups in total. The summed E-state index contributed by atoms with van der Waals surface area (Å²) < 4.78 is 13.3. The maximum absolute atomic E-state index is 13.3. The van der Waals surface area contributed by atoms with Crippen LogP contribution < -0.4 is 10.2 Å². The average molecular weight is 503 g/mol. The predicted octanol–water partition coefficient (Wildman–Crippen LogP) is 3.75. The number of rotatable bonds is 6. The van der Waals surface area contributed by atoms with Gasteiger partial charge in [-0.25, -0.2) is 9.37 Å². The lowest BCUT2D eigenvalue weighted by atomic mass is 10.2. The first kappa shape index (κ1) is 21.9. The quantitative estimate of drug-likeness (QED) is 0.371. The van der Waals surface area contributed by atoms with E-state index in [1.807, 2.05) is 18.0 Å². The van der Waals surface area contributed by atoms with Gasteiger partial charge in [0.05, 0.1) is 5.69 Å². The van der Waals surface area contributed by atoms with E-state index in [4.69, 9.17) is 4.98 Å². The Balaban J connectivity index is 0.00000261. The summed E-state index contributed by atoms with van der Waals surface area (Å²) in [6.07, 6.45) is 3.39. The summed E-state index contributed by atoms with van der Waals surface area (Å²) >= 11 is 1.73. The molecule has 0 radical (unpaired) electrons. The van der Waals surface area contributed by atoms with Crippen LogP contribution >= 0.6 is 35.3 Å². The molecule has 1 saturated heterocycles. The van der Waals surface area contributed by atoms with Crippen LogP contribution in [-0.4, -0.2) is 49.6 Å². The summed E-state index contributed by atoms with van der Waals surface area (Å²) in [5.41, 5.74) is 2.04. The van der Waals surface area contributed by atoms with Gasteiger partial charge in [-0.1, -0.05) is 12.1 Å². The zero-order valence-corrected chi connectivity index (χ0v) is 19.0. The topological polar surface area (TPSA) is 43.8 Å². The Morgan fingerprint density at radius 2 is 2.15 bits per heavy atom. The van der Waals surface area contributed by atoms with Gasteiger partial charge >= 0.3 is 0 Å². The summed E-state index contributed by atoms with van der Waals surface area (Å²) in [5.74, 6) is 0.584. The number of aliphatic imine (C=N–C) groups is 1. The molecule has 0 unspecified atom stereocenters. The first-order chi connectivity index (χ1) is 12.7. The van der Waals surface area contributed by atoms with Crippen molar-refractivity contribution in [1.29, 1.82) is 0 Å². The lowest BCUT2D eigenvalue weighted by Gasteiger charge is -2.22. The fourth-order valence-corrected chi connectivity index (χ4v) is 4.05. The molecule has 5 nitrogen and oxygen atoms in total. The van der Waals surface area contributed by atoms with Crippen LogP contribution in [0, 0.1) is 5.82 Å². The third-order valence-corrected chi connectivity index (χ3v) is 5.41. The standard InChI is InChI=1S/C19H26FN5S.HI/c1-21-18(24(2)13-15-6-5-7-16(20)12-15)22-9-8-17-14-26-19(23-17)25-10-3-4-11-25;/h5-7,12,14H,3-4,8-11,13H2,1-2H3,(H,21,22);1H. The average Bonchev–Trinajstić information content (AvgIpc) is 3.30. The largest absolute Gasteiger partial charge is 0.356 e. The highest BCUT2D eigenvalue weighted by Crippen LogP contribution is 2.24. The predicted molar refractivity (Wildman–Crippen MR) is 122 cm³/mol. The molecule has 148 valence electrons. The molecule has 0 atom stereocenters. The number of halogens is 2. The molecule has 1 aromatic carbocycles. The molecular weight excluding hydrogens is 476 g/mol. The van der Waals surface area contributed by atoms with Crippen molar-refractivity contribution < 1.29 is 4.39 Å². The van der Waals surface area contributed by atoms with Crippen molar-refractivity contribution in [1.82, 2.24) is 15.2 Å². The van der Waals surface area contributed by atoms with Gasteiger partial charge in [0, 0.05) is 52.1 Å². The van der Waals surface area contributed by atoms with E-state index in [9.17, 15) is 4.39 Å². The maximum atomic E-state index is 13.3. The lowest BCUT2D eigenvalue weighted by Crippen LogP contribution is -2.39. The molecule has 1 aliphatic heterocycles. The van der Waals surface area contributed by atoms with E-state index in [0.29, 0.717) is 6.54 Å². The summed E-state index contributed by atoms with van der Waals surface area (Å²) in [7, 11) is 3.72. The molecule has 1 fully saturated rings. The van der Waals surface area contributed by atoms with Crippen LogP contribution in [0.1, 0.15) is 24.1 Å². The number of hydrogen-bond acceptors (Lipinski definition) is 4. The number of nitrogens with one attached hydrogen (secondary N) is 1. The Hall–Kier alpha value is -1.42. The molecule has 0 amide bonds. The van der Waals surface area contributed by atoms with Crippen LogP contribution in [0.4, 0.5) is 9.52 Å². The minimum absolute atomic E-state index is 0. The van der Waals surface area contributed by atoms with Crippen LogP contribution in [0.25, 0.3) is 0 Å². The van der Waals surface area contributed by atoms with Gasteiger partial charge in [-0.15, -0.1) is 35.3 Å². The van der Waals surface area contributed by atoms with Crippen molar-refractivity contribution in [3.63, 3.8) is 0 Å². The second kappa shape index (κ2) is 10.8. The summed E-state index contributed by atoms with van der Waals surface area (Å²) in [4.78, 5) is 13.4. The molecule has 3 rings (SSSR count). The highest BCUT2D eigenvalue weighted by atomic mass is 127. The molecule has 0 bridgehead atoms. The Kier molecular flexibility index (Phi) is 8.75. The van der Waals surface area contributed by atoms with Gasteiger partial charge in [0.15, 0.2) is 11.1 Å². The summed E-state index contributed by atoms with van der Waals surface area (Å²) in [6.45, 7) is 3.63. The molecule has 2 heterocycles. The van der Waals surface area contributed by atoms with Crippen molar-refractivity contribution in [2.45, 2.75) is 25.8 Å². The fraction of sp³-hybridized carbons (Fsp3) is 0.474. The fourth-order valence-electron chi connectivity index (χ4n) is 3.14. The SMILES string of the molecule is CN=C(NCCc1csc(N2CCCC2)n1)N(C)Cc1cccc(F)c1.I. The third kappa shape index (κ3) is 6.31. The van der Waals surface area contributed by atoms with Crippen molar-refractivity contribution in [3.05, 3.63) is 46.7 Å². The maximum Gasteiger partial charge on any atom is 0.193 e. The monoisotopic (exact) mass is 503 g/mol. The Morgan fingerprint density at radius 1 is 1.37 bits per heavy atom. The van der Waals surface area contributed by atoms with E-state index in [0.717, 1.165) is 48.4 Å². The van der Waals surface area contributed by atoms with Crippen molar-refractivity contribution >= 4 is 46.4 Å². The molecule has 0 spiro atoms. The Labute approximate surface area is 181 Å². The highest BCUT2D eigenvalue weighted by Gasteiger charge is 2.15. The minimum Gasteiger partial charge on any atom is -0.356 e. The van der Waals surface area contributed by atoms with Crippen molar-refractivity contribution in [2.24, 2.45) is 4.99 Å². The summed E-state index contributed by atoms with van der Waals surface area (Å²) in [6, 6.07) is 6.66. The van der Waals surface area contributed by atoms with E-state index in [2.05, 4.69) is 20.6 Å². The molecule has 2 aromatic rings. The van der Waals surface area contributed by atoms with Gasteiger partial charge in [0.2, 0.25) is 0 Å². The molecule has 0 saturated carbocycles. The highest BCUT2D eigenvalue weighted by molar-refractivity contribution is 14.0. The molecule has 1 aromatic heterocycles. The van der Waals surface area contributed by atoms with Gasteiger partial charge in [-0.05, 0) is 30.5 Å². The molecular formula is C19H27FIN5S. The van der Waals surface area contributed by atoms with Crippen LogP contribution in [0.3, 0.4) is 0 Å². The number of nitrogens with zero attached hydrogens (tertiary/aromatic N) is 4. The van der Waals surface area contributed by atoms with Crippen LogP contribution in [0.5, 0.6) is 0 Å². The van der Waals surface area contributed by atoms with Gasteiger partial charge in [0.25, 0.3) is 0 Å². The second-order valence-corrected chi connectivity index (χ2v) is 7.36. The minimum atomic E-state index is -0.212. The normalized spacial score (nSPS) is 14.2. The summed E-state index contributed by atoms with van der Waals surface area (Å²) in [5, 5.41) is 6.66. The molecule has 8 heteroatoms. The number of thiazole rings is 1. The Bertz CT molecular complexity index is 745. The van der Waals surface area contributed by atoms with Gasteiger partial charge in [-0.3, -0.25) is 4.99 Å². The molecule has 27 heavy (non-hydrogen) atoms. The first-order valence-electron chi connectivity index (χ1n) is 9.01. The number of anilines is 1. The van der Waals surface area contributed by atoms with E-state index in [-0.39, 0.29) is 29.8 Å². The van der Waals surface area contributed by atoms with Crippen LogP contribution in [0.2, 0.25) is 0 Å². The van der Waals surface area contributed by atoms with E-state index < -0.39 is 0 Å². The second-order valence-electron chi connectivity index (χ2n) is 6.53. The van der Waals surface area contributed by atoms with Gasteiger partial charge < -0.3 is 15.1 Å². The lowest BCUT2D eigenvalue weighted by molar-refractivity contribution is 0.475. The van der Waals surface area contributed by atoms with Crippen molar-refractivity contribution in [2.75, 3.05) is 38.6 Å². The van der Waals surface area contributed by atoms with Crippen LogP contribution in [0.15, 0.2) is 34.6 Å². The van der Waals surface area contributed by atoms with Gasteiger partial charge in [0.1, 0.15) is 5.82 Å².